The molecule has 11 heavy (non-hydrogen) atoms. The largest absolute Gasteiger partial charge is 0.255 e. The zero-order valence-corrected chi connectivity index (χ0v) is 7.19. The Hall–Kier alpha value is -0.890. The Morgan fingerprint density at radius 1 is 1.45 bits per heavy atom. The van der Waals surface area contributed by atoms with E-state index in [1.165, 1.54) is 10.3 Å². The molecule has 0 amide bonds. The van der Waals surface area contributed by atoms with Crippen LogP contribution in [0.15, 0.2) is 23.7 Å². The smallest absolute Gasteiger partial charge is 0.0812 e. The molecule has 2 heteroatoms. The number of hydrogen-bond acceptors (Lipinski definition) is 2. The first-order valence-corrected chi connectivity index (χ1v) is 4.61. The Balaban J connectivity index is 2.79. The molecular formula is C9H9NS. The monoisotopic (exact) mass is 163 g/mol. The van der Waals surface area contributed by atoms with Crippen LogP contribution >= 0.6 is 11.3 Å². The van der Waals surface area contributed by atoms with Crippen molar-refractivity contribution < 1.29 is 0 Å². The molecule has 0 radical (unpaired) electrons. The molecule has 0 bridgehead atoms. The average Bonchev–Trinajstić information content (AvgIpc) is 2.50. The van der Waals surface area contributed by atoms with Crippen molar-refractivity contribution >= 4 is 21.6 Å². The summed E-state index contributed by atoms with van der Waals surface area (Å²) in [5.74, 6) is 0. The SMILES string of the molecule is CCc1ccnc2ccsc12. The predicted octanol–water partition coefficient (Wildman–Crippen LogP) is 2.86. The van der Waals surface area contributed by atoms with E-state index in [1.54, 1.807) is 11.3 Å². The lowest BCUT2D eigenvalue weighted by Crippen LogP contribution is -1.80. The topological polar surface area (TPSA) is 12.9 Å². The Labute approximate surface area is 69.7 Å². The Bertz CT molecular complexity index is 364. The number of rotatable bonds is 1. The van der Waals surface area contributed by atoms with Gasteiger partial charge in [-0.1, -0.05) is 6.92 Å². The Morgan fingerprint density at radius 3 is 3.18 bits per heavy atom. The molecule has 0 aliphatic carbocycles. The van der Waals surface area contributed by atoms with Gasteiger partial charge in [-0.05, 0) is 29.5 Å². The van der Waals surface area contributed by atoms with Crippen molar-refractivity contribution in [1.29, 1.82) is 0 Å². The van der Waals surface area contributed by atoms with Crippen LogP contribution in [0.25, 0.3) is 10.2 Å². The highest BCUT2D eigenvalue weighted by atomic mass is 32.1. The fraction of sp³-hybridized carbons (Fsp3) is 0.222. The number of aromatic nitrogens is 1. The lowest BCUT2D eigenvalue weighted by molar-refractivity contribution is 1.15. The summed E-state index contributed by atoms with van der Waals surface area (Å²) in [7, 11) is 0. The molecule has 0 spiro atoms. The molecule has 56 valence electrons. The molecule has 0 unspecified atom stereocenters. The van der Waals surface area contributed by atoms with Crippen LogP contribution in [0, 0.1) is 0 Å². The van der Waals surface area contributed by atoms with E-state index in [9.17, 15) is 0 Å². The molecule has 2 aromatic rings. The molecule has 2 aromatic heterocycles. The van der Waals surface area contributed by atoms with Gasteiger partial charge in [0.25, 0.3) is 0 Å². The first-order valence-electron chi connectivity index (χ1n) is 3.73. The zero-order valence-electron chi connectivity index (χ0n) is 6.37. The summed E-state index contributed by atoms with van der Waals surface area (Å²) < 4.78 is 1.34. The zero-order chi connectivity index (χ0) is 7.68. The van der Waals surface area contributed by atoms with Crippen molar-refractivity contribution in [2.75, 3.05) is 0 Å². The number of thiophene rings is 1. The van der Waals surface area contributed by atoms with Gasteiger partial charge in [-0.25, -0.2) is 0 Å². The van der Waals surface area contributed by atoms with Crippen molar-refractivity contribution in [2.45, 2.75) is 13.3 Å². The fourth-order valence-electron chi connectivity index (χ4n) is 1.21. The van der Waals surface area contributed by atoms with Crippen molar-refractivity contribution in [3.05, 3.63) is 29.3 Å². The van der Waals surface area contributed by atoms with Crippen LogP contribution in [0.5, 0.6) is 0 Å². The maximum absolute atomic E-state index is 4.26. The third-order valence-corrected chi connectivity index (χ3v) is 2.79. The summed E-state index contributed by atoms with van der Waals surface area (Å²) in [6.45, 7) is 2.18. The fourth-order valence-corrected chi connectivity index (χ4v) is 2.14. The van der Waals surface area contributed by atoms with Crippen LogP contribution < -0.4 is 0 Å². The molecule has 0 saturated heterocycles. The van der Waals surface area contributed by atoms with E-state index in [2.05, 4.69) is 29.4 Å². The number of aryl methyl sites for hydroxylation is 1. The van der Waals surface area contributed by atoms with Crippen LogP contribution in [0.1, 0.15) is 12.5 Å². The van der Waals surface area contributed by atoms with Gasteiger partial charge in [-0.2, -0.15) is 0 Å². The average molecular weight is 163 g/mol. The van der Waals surface area contributed by atoms with E-state index < -0.39 is 0 Å². The van der Waals surface area contributed by atoms with Gasteiger partial charge in [0.2, 0.25) is 0 Å². The number of hydrogen-bond donors (Lipinski definition) is 0. The van der Waals surface area contributed by atoms with E-state index in [1.807, 2.05) is 6.20 Å². The van der Waals surface area contributed by atoms with Gasteiger partial charge in [0.15, 0.2) is 0 Å². The maximum atomic E-state index is 4.26. The normalized spacial score (nSPS) is 10.6. The molecule has 0 aliphatic heterocycles. The third kappa shape index (κ3) is 1.03. The molecule has 0 atom stereocenters. The highest BCUT2D eigenvalue weighted by Crippen LogP contribution is 2.22. The number of nitrogens with zero attached hydrogens (tertiary/aromatic N) is 1. The second-order valence-electron chi connectivity index (χ2n) is 2.46. The summed E-state index contributed by atoms with van der Waals surface area (Å²) >= 11 is 1.78. The summed E-state index contributed by atoms with van der Waals surface area (Å²) in [4.78, 5) is 4.26. The molecule has 0 aliphatic rings. The van der Waals surface area contributed by atoms with E-state index in [0.717, 1.165) is 11.9 Å². The van der Waals surface area contributed by atoms with Crippen LogP contribution in [0.2, 0.25) is 0 Å². The quantitative estimate of drug-likeness (QED) is 0.630. The van der Waals surface area contributed by atoms with Crippen molar-refractivity contribution in [1.82, 2.24) is 4.98 Å². The molecule has 2 rings (SSSR count). The van der Waals surface area contributed by atoms with Crippen LogP contribution in [0.4, 0.5) is 0 Å². The molecular weight excluding hydrogens is 154 g/mol. The molecule has 2 heterocycles. The van der Waals surface area contributed by atoms with Gasteiger partial charge < -0.3 is 0 Å². The molecule has 0 N–H and O–H groups in total. The summed E-state index contributed by atoms with van der Waals surface area (Å²) in [5, 5.41) is 2.09. The van der Waals surface area contributed by atoms with Gasteiger partial charge in [0.05, 0.1) is 10.2 Å². The van der Waals surface area contributed by atoms with Crippen LogP contribution in [0.3, 0.4) is 0 Å². The standard InChI is InChI=1S/C9H9NS/c1-2-7-3-5-10-8-4-6-11-9(7)8/h3-6H,2H2,1H3. The summed E-state index contributed by atoms with van der Waals surface area (Å²) in [6, 6.07) is 4.16. The summed E-state index contributed by atoms with van der Waals surface area (Å²) in [6.07, 6.45) is 2.98. The van der Waals surface area contributed by atoms with E-state index in [0.29, 0.717) is 0 Å². The van der Waals surface area contributed by atoms with Crippen molar-refractivity contribution in [3.8, 4) is 0 Å². The Morgan fingerprint density at radius 2 is 2.36 bits per heavy atom. The molecule has 1 nitrogen and oxygen atoms in total. The Kier molecular flexibility index (Phi) is 1.62. The van der Waals surface area contributed by atoms with Crippen molar-refractivity contribution in [3.63, 3.8) is 0 Å². The van der Waals surface area contributed by atoms with E-state index in [-0.39, 0.29) is 0 Å². The minimum atomic E-state index is 1.10. The van der Waals surface area contributed by atoms with E-state index in [4.69, 9.17) is 0 Å². The van der Waals surface area contributed by atoms with Gasteiger partial charge in [0, 0.05) is 6.20 Å². The highest BCUT2D eigenvalue weighted by molar-refractivity contribution is 7.17. The van der Waals surface area contributed by atoms with Gasteiger partial charge in [-0.3, -0.25) is 4.98 Å². The lowest BCUT2D eigenvalue weighted by atomic mass is 10.2. The summed E-state index contributed by atoms with van der Waals surface area (Å²) in [5.41, 5.74) is 2.54. The highest BCUT2D eigenvalue weighted by Gasteiger charge is 1.99. The molecule has 0 saturated carbocycles. The molecule has 0 fully saturated rings. The minimum absolute atomic E-state index is 1.10. The van der Waals surface area contributed by atoms with Gasteiger partial charge in [-0.15, -0.1) is 11.3 Å². The predicted molar refractivity (Wildman–Crippen MR) is 49.0 cm³/mol. The van der Waals surface area contributed by atoms with Gasteiger partial charge >= 0.3 is 0 Å². The van der Waals surface area contributed by atoms with Crippen LogP contribution in [-0.2, 0) is 6.42 Å². The van der Waals surface area contributed by atoms with Crippen LogP contribution in [-0.4, -0.2) is 4.98 Å². The first kappa shape index (κ1) is 6.80. The second kappa shape index (κ2) is 2.62. The van der Waals surface area contributed by atoms with Crippen molar-refractivity contribution in [2.24, 2.45) is 0 Å². The first-order chi connectivity index (χ1) is 5.42. The minimum Gasteiger partial charge on any atom is -0.255 e. The number of fused-ring (bicyclic) bond motifs is 1. The second-order valence-corrected chi connectivity index (χ2v) is 3.37. The number of pyridine rings is 1. The van der Waals surface area contributed by atoms with E-state index >= 15 is 0 Å². The van der Waals surface area contributed by atoms with Gasteiger partial charge in [0.1, 0.15) is 0 Å². The molecule has 0 aromatic carbocycles. The maximum Gasteiger partial charge on any atom is 0.0812 e. The third-order valence-electron chi connectivity index (χ3n) is 1.81. The lowest BCUT2D eigenvalue weighted by Gasteiger charge is -1.95.